The molecule has 1 atom stereocenters. The first-order chi connectivity index (χ1) is 9.52. The number of carbonyl (C=O) groups is 1. The fraction of sp³-hybridized carbons (Fsp3) is 0.235. The summed E-state index contributed by atoms with van der Waals surface area (Å²) in [6.07, 6.45) is 1.10. The van der Waals surface area contributed by atoms with Gasteiger partial charge in [0.2, 0.25) is 0 Å². The topological polar surface area (TPSA) is 17.1 Å². The monoisotopic (exact) mass is 398 g/mol. The van der Waals surface area contributed by atoms with E-state index in [1.165, 1.54) is 5.56 Å². The lowest BCUT2D eigenvalue weighted by atomic mass is 9.95. The molecule has 0 aliphatic carbocycles. The van der Waals surface area contributed by atoms with Crippen LogP contribution >= 0.6 is 34.2 Å². The summed E-state index contributed by atoms with van der Waals surface area (Å²) in [5.41, 5.74) is 2.60. The Morgan fingerprint density at radius 1 is 1.15 bits per heavy atom. The summed E-state index contributed by atoms with van der Waals surface area (Å²) >= 11 is 8.22. The van der Waals surface area contributed by atoms with Crippen LogP contribution in [0.3, 0.4) is 0 Å². The molecular weight excluding hydrogens is 383 g/mol. The zero-order chi connectivity index (χ0) is 14.7. The maximum Gasteiger partial charge on any atom is 0.193 e. The van der Waals surface area contributed by atoms with Gasteiger partial charge < -0.3 is 0 Å². The molecule has 104 valence electrons. The smallest absolute Gasteiger partial charge is 0.193 e. The van der Waals surface area contributed by atoms with Crippen molar-refractivity contribution in [1.82, 2.24) is 0 Å². The van der Waals surface area contributed by atoms with Crippen LogP contribution < -0.4 is 0 Å². The molecule has 1 unspecified atom stereocenters. The second-order valence-electron chi connectivity index (χ2n) is 4.89. The molecule has 0 aliphatic heterocycles. The molecule has 3 heteroatoms. The van der Waals surface area contributed by atoms with E-state index in [-0.39, 0.29) is 5.78 Å². The molecule has 0 aromatic heterocycles. The molecule has 0 heterocycles. The van der Waals surface area contributed by atoms with E-state index >= 15 is 0 Å². The molecule has 0 aliphatic rings. The van der Waals surface area contributed by atoms with E-state index in [1.807, 2.05) is 36.4 Å². The van der Waals surface area contributed by atoms with E-state index in [4.69, 9.17) is 11.6 Å². The van der Waals surface area contributed by atoms with E-state index in [0.29, 0.717) is 22.1 Å². The Hall–Kier alpha value is -0.870. The van der Waals surface area contributed by atoms with Gasteiger partial charge in [0, 0.05) is 14.7 Å². The van der Waals surface area contributed by atoms with Crippen LogP contribution in [-0.2, 0) is 0 Å². The summed E-state index contributed by atoms with van der Waals surface area (Å²) in [6.45, 7) is 4.35. The SMILES string of the molecule is CCC(C)c1ccc(C(=O)c2ccc(I)c(Cl)c2)cc1. The third-order valence-corrected chi connectivity index (χ3v) is 5.11. The zero-order valence-corrected chi connectivity index (χ0v) is 14.4. The highest BCUT2D eigenvalue weighted by Crippen LogP contribution is 2.23. The average molecular weight is 399 g/mol. The Morgan fingerprint density at radius 2 is 1.75 bits per heavy atom. The molecule has 0 fully saturated rings. The van der Waals surface area contributed by atoms with Crippen LogP contribution in [0, 0.1) is 3.57 Å². The Morgan fingerprint density at radius 3 is 2.30 bits per heavy atom. The van der Waals surface area contributed by atoms with Gasteiger partial charge in [-0.3, -0.25) is 4.79 Å². The van der Waals surface area contributed by atoms with E-state index in [2.05, 4.69) is 36.4 Å². The molecule has 2 aromatic carbocycles. The lowest BCUT2D eigenvalue weighted by Crippen LogP contribution is -2.02. The van der Waals surface area contributed by atoms with Crippen molar-refractivity contribution in [2.24, 2.45) is 0 Å². The quantitative estimate of drug-likeness (QED) is 0.478. The average Bonchev–Trinajstić information content (AvgIpc) is 2.48. The lowest BCUT2D eigenvalue weighted by Gasteiger charge is -2.09. The van der Waals surface area contributed by atoms with E-state index in [0.717, 1.165) is 9.99 Å². The minimum atomic E-state index is 0.0130. The second kappa shape index (κ2) is 6.72. The van der Waals surface area contributed by atoms with Gasteiger partial charge in [-0.1, -0.05) is 49.7 Å². The van der Waals surface area contributed by atoms with Gasteiger partial charge in [0.15, 0.2) is 5.78 Å². The van der Waals surface area contributed by atoms with Gasteiger partial charge in [0.1, 0.15) is 0 Å². The molecule has 2 rings (SSSR count). The largest absolute Gasteiger partial charge is 0.289 e. The molecule has 1 nitrogen and oxygen atoms in total. The molecule has 0 saturated heterocycles. The number of hydrogen-bond donors (Lipinski definition) is 0. The summed E-state index contributed by atoms with van der Waals surface area (Å²) in [5, 5.41) is 0.618. The van der Waals surface area contributed by atoms with Crippen LogP contribution in [-0.4, -0.2) is 5.78 Å². The maximum absolute atomic E-state index is 12.4. The van der Waals surface area contributed by atoms with Crippen LogP contribution in [0.25, 0.3) is 0 Å². The molecule has 0 saturated carbocycles. The Labute approximate surface area is 138 Å². The Kier molecular flexibility index (Phi) is 5.22. The highest BCUT2D eigenvalue weighted by molar-refractivity contribution is 14.1. The number of hydrogen-bond acceptors (Lipinski definition) is 1. The first-order valence-electron chi connectivity index (χ1n) is 6.62. The van der Waals surface area contributed by atoms with Crippen LogP contribution in [0.15, 0.2) is 42.5 Å². The predicted molar refractivity (Wildman–Crippen MR) is 92.7 cm³/mol. The van der Waals surface area contributed by atoms with Crippen LogP contribution in [0.1, 0.15) is 47.7 Å². The summed E-state index contributed by atoms with van der Waals surface area (Å²) in [6, 6.07) is 13.3. The number of benzene rings is 2. The van der Waals surface area contributed by atoms with Crippen molar-refractivity contribution in [3.63, 3.8) is 0 Å². The van der Waals surface area contributed by atoms with Gasteiger partial charge >= 0.3 is 0 Å². The van der Waals surface area contributed by atoms with Crippen molar-refractivity contribution in [3.8, 4) is 0 Å². The summed E-state index contributed by atoms with van der Waals surface area (Å²) in [5.74, 6) is 0.533. The van der Waals surface area contributed by atoms with Gasteiger partial charge in [-0.15, -0.1) is 0 Å². The minimum absolute atomic E-state index is 0.0130. The number of ketones is 1. The molecule has 0 radical (unpaired) electrons. The lowest BCUT2D eigenvalue weighted by molar-refractivity contribution is 0.103. The first kappa shape index (κ1) is 15.5. The third kappa shape index (κ3) is 3.41. The summed E-state index contributed by atoms with van der Waals surface area (Å²) in [7, 11) is 0. The van der Waals surface area contributed by atoms with Gasteiger partial charge in [0.05, 0.1) is 5.02 Å². The molecule has 0 amide bonds. The van der Waals surface area contributed by atoms with Crippen molar-refractivity contribution in [2.75, 3.05) is 0 Å². The highest BCUT2D eigenvalue weighted by atomic mass is 127. The normalized spacial score (nSPS) is 12.2. The molecule has 0 bridgehead atoms. The second-order valence-corrected chi connectivity index (χ2v) is 6.46. The standard InChI is InChI=1S/C17H16ClIO/c1-3-11(2)12-4-6-13(7-5-12)17(20)14-8-9-16(19)15(18)10-14/h4-11H,3H2,1-2H3. The molecule has 2 aromatic rings. The molecular formula is C17H16ClIO. The fourth-order valence-corrected chi connectivity index (χ4v) is 2.52. The van der Waals surface area contributed by atoms with Crippen LogP contribution in [0.2, 0.25) is 5.02 Å². The van der Waals surface area contributed by atoms with Crippen molar-refractivity contribution >= 4 is 40.0 Å². The summed E-state index contributed by atoms with van der Waals surface area (Å²) < 4.78 is 0.952. The first-order valence-corrected chi connectivity index (χ1v) is 8.08. The molecule has 20 heavy (non-hydrogen) atoms. The third-order valence-electron chi connectivity index (χ3n) is 3.54. The van der Waals surface area contributed by atoms with Gasteiger partial charge in [-0.25, -0.2) is 0 Å². The minimum Gasteiger partial charge on any atom is -0.289 e. The molecule has 0 N–H and O–H groups in total. The zero-order valence-electron chi connectivity index (χ0n) is 11.5. The van der Waals surface area contributed by atoms with Crippen molar-refractivity contribution in [3.05, 3.63) is 67.7 Å². The van der Waals surface area contributed by atoms with Crippen molar-refractivity contribution in [1.29, 1.82) is 0 Å². The van der Waals surface area contributed by atoms with E-state index < -0.39 is 0 Å². The maximum atomic E-state index is 12.4. The van der Waals surface area contributed by atoms with Gasteiger partial charge in [-0.2, -0.15) is 0 Å². The van der Waals surface area contributed by atoms with E-state index in [9.17, 15) is 4.79 Å². The van der Waals surface area contributed by atoms with Crippen molar-refractivity contribution < 1.29 is 4.79 Å². The molecule has 0 spiro atoms. The summed E-state index contributed by atoms with van der Waals surface area (Å²) in [4.78, 5) is 12.4. The van der Waals surface area contributed by atoms with E-state index in [1.54, 1.807) is 6.07 Å². The Bertz CT molecular complexity index is 619. The van der Waals surface area contributed by atoms with Gasteiger partial charge in [-0.05, 0) is 58.7 Å². The Balaban J connectivity index is 2.27. The predicted octanol–water partition coefficient (Wildman–Crippen LogP) is 5.69. The van der Waals surface area contributed by atoms with Gasteiger partial charge in [0.25, 0.3) is 0 Å². The number of rotatable bonds is 4. The van der Waals surface area contributed by atoms with Crippen LogP contribution in [0.4, 0.5) is 0 Å². The number of carbonyl (C=O) groups excluding carboxylic acids is 1. The fourth-order valence-electron chi connectivity index (χ4n) is 2.00. The highest BCUT2D eigenvalue weighted by Gasteiger charge is 2.11. The number of halogens is 2. The van der Waals surface area contributed by atoms with Crippen LogP contribution in [0.5, 0.6) is 0 Å². The van der Waals surface area contributed by atoms with Crippen molar-refractivity contribution in [2.45, 2.75) is 26.2 Å².